The Morgan fingerprint density at radius 2 is 1.43 bits per heavy atom. The van der Waals surface area contributed by atoms with Crippen molar-refractivity contribution in [1.29, 1.82) is 0 Å². The molecule has 0 aliphatic carbocycles. The summed E-state index contributed by atoms with van der Waals surface area (Å²) < 4.78 is 1.69. The summed E-state index contributed by atoms with van der Waals surface area (Å²) in [5.74, 6) is 0. The summed E-state index contributed by atoms with van der Waals surface area (Å²) in [5, 5.41) is 10.6. The first-order valence-electron chi connectivity index (χ1n) is 4.53. The lowest BCUT2D eigenvalue weighted by atomic mass is 10.4. The van der Waals surface area contributed by atoms with Crippen molar-refractivity contribution in [3.63, 3.8) is 0 Å². The average molecular weight is 190 g/mol. The zero-order chi connectivity index (χ0) is 10.2. The first kappa shape index (κ1) is 10.4. The molecule has 0 saturated carbocycles. The molecule has 0 amide bonds. The van der Waals surface area contributed by atoms with Gasteiger partial charge in [0.2, 0.25) is 0 Å². The van der Waals surface area contributed by atoms with Crippen LogP contribution < -0.4 is 0 Å². The zero-order valence-electron chi connectivity index (χ0n) is 8.41. The molecule has 2 rings (SSSR count). The minimum absolute atomic E-state index is 0.366. The van der Waals surface area contributed by atoms with Crippen LogP contribution in [0.15, 0.2) is 42.7 Å². The Kier molecular flexibility index (Phi) is 4.34. The number of rotatable bonds is 1. The molecule has 14 heavy (non-hydrogen) atoms. The molecule has 4 nitrogen and oxygen atoms in total. The standard InChI is InChI=1S/C6H6.C4H8N4/c1-2-4-6-5-3-1;1-4(2)8-3-5-6-7-8/h1-6H;3-4H,1-2H3. The van der Waals surface area contributed by atoms with Crippen LogP contribution in [0.4, 0.5) is 0 Å². The number of hydrogen-bond acceptors (Lipinski definition) is 3. The van der Waals surface area contributed by atoms with Gasteiger partial charge in [0.15, 0.2) is 0 Å². The Morgan fingerprint density at radius 1 is 0.929 bits per heavy atom. The molecule has 1 heterocycles. The number of nitrogens with zero attached hydrogens (tertiary/aromatic N) is 4. The second kappa shape index (κ2) is 5.85. The largest absolute Gasteiger partial charge is 0.230 e. The highest BCUT2D eigenvalue weighted by Gasteiger charge is 1.94. The fourth-order valence-corrected chi connectivity index (χ4v) is 0.790. The van der Waals surface area contributed by atoms with Gasteiger partial charge >= 0.3 is 0 Å². The van der Waals surface area contributed by atoms with Crippen LogP contribution in [-0.4, -0.2) is 20.2 Å². The molecule has 0 aliphatic rings. The summed E-state index contributed by atoms with van der Waals surface area (Å²) in [7, 11) is 0. The van der Waals surface area contributed by atoms with Gasteiger partial charge in [0, 0.05) is 6.04 Å². The Bertz CT molecular complexity index is 288. The molecule has 0 N–H and O–H groups in total. The molecular weight excluding hydrogens is 176 g/mol. The molecule has 74 valence electrons. The highest BCUT2D eigenvalue weighted by Crippen LogP contribution is 1.95. The SMILES string of the molecule is CC(C)n1cnnn1.c1ccccc1. The van der Waals surface area contributed by atoms with Crippen LogP contribution in [0, 0.1) is 0 Å². The summed E-state index contributed by atoms with van der Waals surface area (Å²) in [6.45, 7) is 4.05. The van der Waals surface area contributed by atoms with Gasteiger partial charge < -0.3 is 0 Å². The van der Waals surface area contributed by atoms with E-state index in [1.54, 1.807) is 11.0 Å². The van der Waals surface area contributed by atoms with Crippen LogP contribution in [0.25, 0.3) is 0 Å². The van der Waals surface area contributed by atoms with E-state index < -0.39 is 0 Å². The average Bonchev–Trinajstić information content (AvgIpc) is 2.74. The van der Waals surface area contributed by atoms with Crippen LogP contribution in [0.2, 0.25) is 0 Å². The molecular formula is C10H14N4. The monoisotopic (exact) mass is 190 g/mol. The number of aromatic nitrogens is 4. The molecule has 0 unspecified atom stereocenters. The van der Waals surface area contributed by atoms with E-state index in [0.29, 0.717) is 6.04 Å². The van der Waals surface area contributed by atoms with Crippen molar-refractivity contribution < 1.29 is 0 Å². The lowest BCUT2D eigenvalue weighted by molar-refractivity contribution is 0.514. The smallest absolute Gasteiger partial charge is 0.138 e. The van der Waals surface area contributed by atoms with Gasteiger partial charge in [-0.1, -0.05) is 36.4 Å². The van der Waals surface area contributed by atoms with Crippen molar-refractivity contribution in [2.24, 2.45) is 0 Å². The van der Waals surface area contributed by atoms with Crippen molar-refractivity contribution in [3.8, 4) is 0 Å². The molecule has 4 heteroatoms. The predicted octanol–water partition coefficient (Wildman–Crippen LogP) is 1.94. The van der Waals surface area contributed by atoms with Crippen LogP contribution in [0.5, 0.6) is 0 Å². The van der Waals surface area contributed by atoms with E-state index >= 15 is 0 Å². The Balaban J connectivity index is 0.000000146. The summed E-state index contributed by atoms with van der Waals surface area (Å²) >= 11 is 0. The lowest BCUT2D eigenvalue weighted by Crippen LogP contribution is -2.00. The molecule has 1 aromatic carbocycles. The minimum atomic E-state index is 0.366. The third kappa shape index (κ3) is 3.80. The summed E-state index contributed by atoms with van der Waals surface area (Å²) in [5.41, 5.74) is 0. The third-order valence-electron chi connectivity index (χ3n) is 1.56. The Morgan fingerprint density at radius 3 is 1.64 bits per heavy atom. The molecule has 0 bridgehead atoms. The second-order valence-corrected chi connectivity index (χ2v) is 3.04. The van der Waals surface area contributed by atoms with E-state index in [-0.39, 0.29) is 0 Å². The zero-order valence-corrected chi connectivity index (χ0v) is 8.41. The van der Waals surface area contributed by atoms with Crippen molar-refractivity contribution >= 4 is 0 Å². The summed E-state index contributed by atoms with van der Waals surface area (Å²) in [6.07, 6.45) is 1.60. The molecule has 0 spiro atoms. The van der Waals surface area contributed by atoms with Crippen LogP contribution in [-0.2, 0) is 0 Å². The van der Waals surface area contributed by atoms with Gasteiger partial charge in [0.1, 0.15) is 6.33 Å². The van der Waals surface area contributed by atoms with E-state index in [4.69, 9.17) is 0 Å². The number of benzene rings is 1. The van der Waals surface area contributed by atoms with Crippen LogP contribution in [0.3, 0.4) is 0 Å². The van der Waals surface area contributed by atoms with E-state index in [2.05, 4.69) is 15.5 Å². The maximum atomic E-state index is 3.67. The molecule has 0 radical (unpaired) electrons. The highest BCUT2D eigenvalue weighted by atomic mass is 15.5. The van der Waals surface area contributed by atoms with E-state index in [1.165, 1.54) is 0 Å². The first-order valence-corrected chi connectivity index (χ1v) is 4.53. The Hall–Kier alpha value is -1.71. The fourth-order valence-electron chi connectivity index (χ4n) is 0.790. The molecule has 0 aliphatic heterocycles. The minimum Gasteiger partial charge on any atom is -0.230 e. The van der Waals surface area contributed by atoms with Gasteiger partial charge in [0.05, 0.1) is 0 Å². The highest BCUT2D eigenvalue weighted by molar-refractivity contribution is 4.99. The normalized spacial score (nSPS) is 9.36. The summed E-state index contributed by atoms with van der Waals surface area (Å²) in [4.78, 5) is 0. The van der Waals surface area contributed by atoms with Gasteiger partial charge in [-0.05, 0) is 24.3 Å². The fraction of sp³-hybridized carbons (Fsp3) is 0.300. The molecule has 0 saturated heterocycles. The predicted molar refractivity (Wildman–Crippen MR) is 54.6 cm³/mol. The van der Waals surface area contributed by atoms with Gasteiger partial charge in [-0.15, -0.1) is 5.10 Å². The van der Waals surface area contributed by atoms with Gasteiger partial charge in [-0.25, -0.2) is 4.68 Å². The maximum absolute atomic E-state index is 3.67. The number of hydrogen-bond donors (Lipinski definition) is 0. The van der Waals surface area contributed by atoms with E-state index in [1.807, 2.05) is 50.2 Å². The summed E-state index contributed by atoms with van der Waals surface area (Å²) in [6, 6.07) is 12.4. The lowest BCUT2D eigenvalue weighted by Gasteiger charge is -1.98. The quantitative estimate of drug-likeness (QED) is 0.690. The van der Waals surface area contributed by atoms with Crippen molar-refractivity contribution in [2.45, 2.75) is 19.9 Å². The molecule has 0 fully saturated rings. The maximum Gasteiger partial charge on any atom is 0.138 e. The molecule has 1 aromatic heterocycles. The van der Waals surface area contributed by atoms with E-state index in [0.717, 1.165) is 0 Å². The van der Waals surface area contributed by atoms with Crippen molar-refractivity contribution in [1.82, 2.24) is 20.2 Å². The van der Waals surface area contributed by atoms with Crippen molar-refractivity contribution in [2.75, 3.05) is 0 Å². The molecule has 0 atom stereocenters. The van der Waals surface area contributed by atoms with Gasteiger partial charge in [-0.2, -0.15) is 0 Å². The first-order chi connectivity index (χ1) is 6.80. The van der Waals surface area contributed by atoms with Gasteiger partial charge in [-0.3, -0.25) is 0 Å². The second-order valence-electron chi connectivity index (χ2n) is 3.04. The Labute approximate surface area is 83.6 Å². The molecule has 2 aromatic rings. The van der Waals surface area contributed by atoms with Crippen LogP contribution in [0.1, 0.15) is 19.9 Å². The van der Waals surface area contributed by atoms with Crippen LogP contribution >= 0.6 is 0 Å². The number of tetrazole rings is 1. The third-order valence-corrected chi connectivity index (χ3v) is 1.56. The van der Waals surface area contributed by atoms with Crippen molar-refractivity contribution in [3.05, 3.63) is 42.7 Å². The topological polar surface area (TPSA) is 43.6 Å². The van der Waals surface area contributed by atoms with Gasteiger partial charge in [0.25, 0.3) is 0 Å². The van der Waals surface area contributed by atoms with E-state index in [9.17, 15) is 0 Å².